The maximum absolute atomic E-state index is 12.0. The van der Waals surface area contributed by atoms with Crippen LogP contribution in [0.25, 0.3) is 5.69 Å². The van der Waals surface area contributed by atoms with Crippen molar-refractivity contribution in [1.82, 2.24) is 25.5 Å². The monoisotopic (exact) mass is 332 g/mol. The summed E-state index contributed by atoms with van der Waals surface area (Å²) < 4.78 is 6.90. The van der Waals surface area contributed by atoms with Gasteiger partial charge in [-0.05, 0) is 42.0 Å². The zero-order chi connectivity index (χ0) is 17.4. The third kappa shape index (κ3) is 4.68. The summed E-state index contributed by atoms with van der Waals surface area (Å²) in [6.07, 6.45) is 4.48. The molecule has 0 aliphatic rings. The number of urea groups is 1. The molecule has 2 rings (SSSR count). The van der Waals surface area contributed by atoms with Crippen LogP contribution in [0.4, 0.5) is 10.5 Å². The number of amides is 2. The largest absolute Gasteiger partial charge is 0.494 e. The van der Waals surface area contributed by atoms with Gasteiger partial charge in [-0.15, -0.1) is 5.10 Å². The number of hydrogen-bond donors (Lipinski definition) is 2. The van der Waals surface area contributed by atoms with E-state index in [2.05, 4.69) is 33.1 Å². The molecule has 8 heteroatoms. The second-order valence-electron chi connectivity index (χ2n) is 5.47. The number of nitrogens with one attached hydrogen (secondary N) is 2. The van der Waals surface area contributed by atoms with Crippen LogP contribution in [0.5, 0.6) is 5.75 Å². The van der Waals surface area contributed by atoms with Crippen LogP contribution in [-0.4, -0.2) is 39.9 Å². The van der Waals surface area contributed by atoms with Gasteiger partial charge in [0, 0.05) is 12.2 Å². The van der Waals surface area contributed by atoms with E-state index in [1.54, 1.807) is 36.9 Å². The Morgan fingerprint density at radius 1 is 1.29 bits per heavy atom. The van der Waals surface area contributed by atoms with Crippen LogP contribution in [0.3, 0.4) is 0 Å². The van der Waals surface area contributed by atoms with E-state index in [1.165, 1.54) is 12.8 Å². The number of methoxy groups -OCH3 is 1. The minimum Gasteiger partial charge on any atom is -0.494 e. The molecule has 0 saturated carbocycles. The molecule has 2 N–H and O–H groups in total. The van der Waals surface area contributed by atoms with Gasteiger partial charge in [-0.2, -0.15) is 4.68 Å². The number of hydrogen-bond acceptors (Lipinski definition) is 5. The van der Waals surface area contributed by atoms with Crippen molar-refractivity contribution >= 4 is 11.7 Å². The summed E-state index contributed by atoms with van der Waals surface area (Å²) in [7, 11) is 1.58. The van der Waals surface area contributed by atoms with Gasteiger partial charge in [0.1, 0.15) is 11.4 Å². The standard InChI is InChI=1S/C16H24N6O2/c1-4-5-6-7-10-17-16(23)18-13-8-9-15(24-3)14(11-13)22-12(2)19-20-21-22/h8-9,11H,4-7,10H2,1-3H3,(H2,17,18,23). The first kappa shape index (κ1) is 17.7. The van der Waals surface area contributed by atoms with Crippen molar-refractivity contribution in [2.45, 2.75) is 39.5 Å². The molecule has 0 aliphatic carbocycles. The van der Waals surface area contributed by atoms with Gasteiger partial charge in [0.25, 0.3) is 0 Å². The number of tetrazole rings is 1. The lowest BCUT2D eigenvalue weighted by atomic mass is 10.2. The first-order valence-corrected chi connectivity index (χ1v) is 8.14. The number of nitrogens with zero attached hydrogens (tertiary/aromatic N) is 4. The van der Waals surface area contributed by atoms with E-state index in [9.17, 15) is 4.79 Å². The fourth-order valence-corrected chi connectivity index (χ4v) is 2.32. The van der Waals surface area contributed by atoms with Crippen molar-refractivity contribution in [2.75, 3.05) is 19.0 Å². The molecule has 0 aliphatic heterocycles. The molecule has 0 bridgehead atoms. The average Bonchev–Trinajstić information content (AvgIpc) is 3.00. The van der Waals surface area contributed by atoms with Crippen LogP contribution in [0.1, 0.15) is 38.4 Å². The van der Waals surface area contributed by atoms with Crippen molar-refractivity contribution < 1.29 is 9.53 Å². The Balaban J connectivity index is 2.01. The minimum atomic E-state index is -0.226. The molecule has 0 spiro atoms. The first-order chi connectivity index (χ1) is 11.7. The van der Waals surface area contributed by atoms with Gasteiger partial charge in [-0.3, -0.25) is 0 Å². The molecule has 0 unspecified atom stereocenters. The van der Waals surface area contributed by atoms with Crippen LogP contribution in [0, 0.1) is 6.92 Å². The second-order valence-corrected chi connectivity index (χ2v) is 5.47. The molecule has 0 atom stereocenters. The molecule has 1 aromatic carbocycles. The summed E-state index contributed by atoms with van der Waals surface area (Å²) in [5.41, 5.74) is 1.31. The van der Waals surface area contributed by atoms with Gasteiger partial charge in [-0.25, -0.2) is 4.79 Å². The van der Waals surface area contributed by atoms with Crippen molar-refractivity contribution in [3.05, 3.63) is 24.0 Å². The maximum atomic E-state index is 12.0. The highest BCUT2D eigenvalue weighted by atomic mass is 16.5. The Bertz CT molecular complexity index is 670. The van der Waals surface area contributed by atoms with Crippen LogP contribution in [-0.2, 0) is 0 Å². The number of carbonyl (C=O) groups excluding carboxylic acids is 1. The van der Waals surface area contributed by atoms with E-state index in [-0.39, 0.29) is 6.03 Å². The summed E-state index contributed by atoms with van der Waals surface area (Å²) in [4.78, 5) is 12.0. The third-order valence-electron chi connectivity index (χ3n) is 3.61. The van der Waals surface area contributed by atoms with E-state index in [4.69, 9.17) is 4.74 Å². The number of rotatable bonds is 8. The lowest BCUT2D eigenvalue weighted by Gasteiger charge is -2.12. The Hall–Kier alpha value is -2.64. The number of aromatic nitrogens is 4. The quantitative estimate of drug-likeness (QED) is 0.725. The second kappa shape index (κ2) is 8.85. The fourth-order valence-electron chi connectivity index (χ4n) is 2.32. The maximum Gasteiger partial charge on any atom is 0.319 e. The molecule has 0 fully saturated rings. The molecule has 0 saturated heterocycles. The van der Waals surface area contributed by atoms with Crippen molar-refractivity contribution in [3.8, 4) is 11.4 Å². The SMILES string of the molecule is CCCCCCNC(=O)Nc1ccc(OC)c(-n2nnnc2C)c1. The topological polar surface area (TPSA) is 94.0 Å². The van der Waals surface area contributed by atoms with Crippen LogP contribution >= 0.6 is 0 Å². The zero-order valence-corrected chi connectivity index (χ0v) is 14.4. The Morgan fingerprint density at radius 3 is 2.79 bits per heavy atom. The number of aryl methyl sites for hydroxylation is 1. The van der Waals surface area contributed by atoms with E-state index in [0.717, 1.165) is 12.8 Å². The Morgan fingerprint density at radius 2 is 2.12 bits per heavy atom. The summed E-state index contributed by atoms with van der Waals surface area (Å²) in [6.45, 7) is 4.62. The predicted octanol–water partition coefficient (Wildman–Crippen LogP) is 2.68. The summed E-state index contributed by atoms with van der Waals surface area (Å²) >= 11 is 0. The molecule has 1 aromatic heterocycles. The van der Waals surface area contributed by atoms with Crippen LogP contribution in [0.2, 0.25) is 0 Å². The van der Waals surface area contributed by atoms with Crippen LogP contribution < -0.4 is 15.4 Å². The first-order valence-electron chi connectivity index (χ1n) is 8.14. The van der Waals surface area contributed by atoms with Gasteiger partial charge in [0.05, 0.1) is 7.11 Å². The Kier molecular flexibility index (Phi) is 6.53. The summed E-state index contributed by atoms with van der Waals surface area (Å²) in [6, 6.07) is 5.10. The highest BCUT2D eigenvalue weighted by Gasteiger charge is 2.12. The highest BCUT2D eigenvalue weighted by molar-refractivity contribution is 5.89. The summed E-state index contributed by atoms with van der Waals surface area (Å²) in [5, 5.41) is 17.1. The lowest BCUT2D eigenvalue weighted by Crippen LogP contribution is -2.29. The van der Waals surface area contributed by atoms with Crippen molar-refractivity contribution in [3.63, 3.8) is 0 Å². The normalized spacial score (nSPS) is 10.5. The molecule has 2 amide bonds. The van der Waals surface area contributed by atoms with E-state index >= 15 is 0 Å². The summed E-state index contributed by atoms with van der Waals surface area (Å²) in [5.74, 6) is 1.25. The van der Waals surface area contributed by atoms with E-state index in [0.29, 0.717) is 29.5 Å². The number of unbranched alkanes of at least 4 members (excludes halogenated alkanes) is 3. The fraction of sp³-hybridized carbons (Fsp3) is 0.500. The molecule has 0 radical (unpaired) electrons. The Labute approximate surface area is 141 Å². The molecule has 1 heterocycles. The molecule has 24 heavy (non-hydrogen) atoms. The highest BCUT2D eigenvalue weighted by Crippen LogP contribution is 2.26. The molecular weight excluding hydrogens is 308 g/mol. The van der Waals surface area contributed by atoms with Crippen molar-refractivity contribution in [1.29, 1.82) is 0 Å². The van der Waals surface area contributed by atoms with Gasteiger partial charge >= 0.3 is 6.03 Å². The van der Waals surface area contributed by atoms with E-state index in [1.807, 2.05) is 0 Å². The van der Waals surface area contributed by atoms with Crippen LogP contribution in [0.15, 0.2) is 18.2 Å². The van der Waals surface area contributed by atoms with Gasteiger partial charge in [0.2, 0.25) is 0 Å². The number of ether oxygens (including phenoxy) is 1. The number of anilines is 1. The van der Waals surface area contributed by atoms with E-state index < -0.39 is 0 Å². The van der Waals surface area contributed by atoms with Crippen molar-refractivity contribution in [2.24, 2.45) is 0 Å². The molecular formula is C16H24N6O2. The zero-order valence-electron chi connectivity index (χ0n) is 14.4. The lowest BCUT2D eigenvalue weighted by molar-refractivity contribution is 0.252. The average molecular weight is 332 g/mol. The van der Waals surface area contributed by atoms with Gasteiger partial charge in [0.15, 0.2) is 5.82 Å². The molecule has 130 valence electrons. The van der Waals surface area contributed by atoms with Gasteiger partial charge in [-0.1, -0.05) is 26.2 Å². The third-order valence-corrected chi connectivity index (χ3v) is 3.61. The predicted molar refractivity (Wildman–Crippen MR) is 91.6 cm³/mol. The molecule has 2 aromatic rings. The molecule has 8 nitrogen and oxygen atoms in total. The number of benzene rings is 1. The minimum absolute atomic E-state index is 0.226. The smallest absolute Gasteiger partial charge is 0.319 e. The number of carbonyl (C=O) groups is 1. The van der Waals surface area contributed by atoms with Gasteiger partial charge < -0.3 is 15.4 Å².